The van der Waals surface area contributed by atoms with Crippen LogP contribution in [-0.4, -0.2) is 24.8 Å². The van der Waals surface area contributed by atoms with Crippen molar-refractivity contribution in [2.24, 2.45) is 16.6 Å². The molecule has 0 spiro atoms. The Balaban J connectivity index is 2.19. The lowest BCUT2D eigenvalue weighted by atomic mass is 10.00. The molecule has 5 heteroatoms. The van der Waals surface area contributed by atoms with Gasteiger partial charge in [-0.1, -0.05) is 18.5 Å². The Morgan fingerprint density at radius 2 is 2.32 bits per heavy atom. The van der Waals surface area contributed by atoms with Crippen molar-refractivity contribution in [3.63, 3.8) is 0 Å². The normalized spacial score (nSPS) is 20.7. The number of benzene rings is 1. The molecule has 1 atom stereocenters. The Morgan fingerprint density at radius 3 is 2.95 bits per heavy atom. The topological polar surface area (TPSA) is 41.6 Å². The number of halogens is 2. The highest BCUT2D eigenvalue weighted by Crippen LogP contribution is 2.32. The largest absolute Gasteiger partial charge is 0.386 e. The Hall–Kier alpha value is -0.930. The average molecular weight is 300 g/mol. The van der Waals surface area contributed by atoms with Gasteiger partial charge in [0.1, 0.15) is 5.84 Å². The lowest BCUT2D eigenvalue weighted by Gasteiger charge is -2.33. The molecule has 0 radical (unpaired) electrons. The highest BCUT2D eigenvalue weighted by molar-refractivity contribution is 6.33. The predicted molar refractivity (Wildman–Crippen MR) is 84.1 cm³/mol. The number of rotatable bonds is 3. The summed E-state index contributed by atoms with van der Waals surface area (Å²) in [7, 11) is 0. The zero-order valence-electron chi connectivity index (χ0n) is 11.1. The molecule has 0 amide bonds. The van der Waals surface area contributed by atoms with Crippen molar-refractivity contribution >= 4 is 40.4 Å². The first-order valence-electron chi connectivity index (χ1n) is 6.53. The quantitative estimate of drug-likeness (QED) is 0.524. The van der Waals surface area contributed by atoms with Crippen LogP contribution in [0.25, 0.3) is 0 Å². The van der Waals surface area contributed by atoms with Gasteiger partial charge in [-0.25, -0.2) is 4.99 Å². The highest BCUT2D eigenvalue weighted by Gasteiger charge is 2.18. The predicted octanol–water partition coefficient (Wildman–Crippen LogP) is 3.80. The minimum Gasteiger partial charge on any atom is -0.386 e. The summed E-state index contributed by atoms with van der Waals surface area (Å²) in [4.78, 5) is 6.54. The van der Waals surface area contributed by atoms with Crippen LogP contribution in [0, 0.1) is 5.92 Å². The summed E-state index contributed by atoms with van der Waals surface area (Å²) >= 11 is 12.0. The monoisotopic (exact) mass is 299 g/mol. The fraction of sp³-hybridized carbons (Fsp3) is 0.500. The van der Waals surface area contributed by atoms with E-state index < -0.39 is 0 Å². The number of nitrogens with zero attached hydrogens (tertiary/aromatic N) is 2. The van der Waals surface area contributed by atoms with E-state index in [0.29, 0.717) is 5.84 Å². The number of hydrogen-bond donors (Lipinski definition) is 1. The molecule has 1 unspecified atom stereocenters. The molecule has 19 heavy (non-hydrogen) atoms. The first-order valence-corrected chi connectivity index (χ1v) is 7.45. The first-order chi connectivity index (χ1) is 9.10. The Bertz CT molecular complexity index is 474. The van der Waals surface area contributed by atoms with Crippen molar-refractivity contribution < 1.29 is 0 Å². The van der Waals surface area contributed by atoms with Crippen LogP contribution in [0.1, 0.15) is 19.8 Å². The Labute approximate surface area is 124 Å². The standard InChI is InChI=1S/C14H19Cl2N3/c1-10-3-2-6-19(9-10)13-5-4-11(7-12(13)16)18-14(17)8-15/h4-5,7,10H,2-3,6,8-9H2,1H3,(H2,17,18). The van der Waals surface area contributed by atoms with Gasteiger partial charge in [0.25, 0.3) is 0 Å². The van der Waals surface area contributed by atoms with E-state index in [9.17, 15) is 0 Å². The number of anilines is 1. The molecule has 0 saturated carbocycles. The van der Waals surface area contributed by atoms with E-state index in [1.54, 1.807) is 0 Å². The van der Waals surface area contributed by atoms with E-state index in [2.05, 4.69) is 16.8 Å². The lowest BCUT2D eigenvalue weighted by molar-refractivity contribution is 0.447. The van der Waals surface area contributed by atoms with Crippen molar-refractivity contribution in [3.05, 3.63) is 23.2 Å². The van der Waals surface area contributed by atoms with Crippen LogP contribution in [-0.2, 0) is 0 Å². The van der Waals surface area contributed by atoms with Crippen molar-refractivity contribution in [3.8, 4) is 0 Å². The third-order valence-electron chi connectivity index (χ3n) is 3.34. The lowest BCUT2D eigenvalue weighted by Crippen LogP contribution is -2.34. The molecule has 2 rings (SSSR count). The van der Waals surface area contributed by atoms with Gasteiger partial charge in [-0.3, -0.25) is 0 Å². The number of piperidine rings is 1. The fourth-order valence-electron chi connectivity index (χ4n) is 2.43. The maximum atomic E-state index is 6.35. The van der Waals surface area contributed by atoms with Gasteiger partial charge >= 0.3 is 0 Å². The summed E-state index contributed by atoms with van der Waals surface area (Å²) in [5.41, 5.74) is 7.45. The zero-order chi connectivity index (χ0) is 13.8. The third kappa shape index (κ3) is 3.77. The SMILES string of the molecule is CC1CCCN(c2ccc(N=C(N)CCl)cc2Cl)C1. The second-order valence-electron chi connectivity index (χ2n) is 5.07. The van der Waals surface area contributed by atoms with Gasteiger partial charge in [0.05, 0.1) is 22.3 Å². The molecule has 0 aliphatic carbocycles. The highest BCUT2D eigenvalue weighted by atomic mass is 35.5. The molecular weight excluding hydrogens is 281 g/mol. The van der Waals surface area contributed by atoms with Gasteiger partial charge in [-0.2, -0.15) is 0 Å². The second kappa shape index (κ2) is 6.49. The van der Waals surface area contributed by atoms with Gasteiger partial charge in [0.2, 0.25) is 0 Å². The van der Waals surface area contributed by atoms with Crippen LogP contribution in [0.4, 0.5) is 11.4 Å². The molecule has 3 nitrogen and oxygen atoms in total. The van der Waals surface area contributed by atoms with E-state index in [1.807, 2.05) is 18.2 Å². The molecule has 1 fully saturated rings. The van der Waals surface area contributed by atoms with Crippen LogP contribution < -0.4 is 10.6 Å². The zero-order valence-corrected chi connectivity index (χ0v) is 12.6. The second-order valence-corrected chi connectivity index (χ2v) is 5.74. The number of aliphatic imine (C=N–C) groups is 1. The maximum Gasteiger partial charge on any atom is 0.115 e. The number of hydrogen-bond acceptors (Lipinski definition) is 2. The van der Waals surface area contributed by atoms with Crippen LogP contribution in [0.5, 0.6) is 0 Å². The summed E-state index contributed by atoms with van der Waals surface area (Å²) in [6.07, 6.45) is 2.51. The summed E-state index contributed by atoms with van der Waals surface area (Å²) in [6.45, 7) is 4.41. The van der Waals surface area contributed by atoms with E-state index in [0.717, 1.165) is 35.4 Å². The van der Waals surface area contributed by atoms with Crippen molar-refractivity contribution in [2.45, 2.75) is 19.8 Å². The fourth-order valence-corrected chi connectivity index (χ4v) is 2.78. The van der Waals surface area contributed by atoms with Gasteiger partial charge in [-0.15, -0.1) is 11.6 Å². The summed E-state index contributed by atoms with van der Waals surface area (Å²) in [5.74, 6) is 1.34. The van der Waals surface area contributed by atoms with Crippen molar-refractivity contribution in [1.82, 2.24) is 0 Å². The Kier molecular flexibility index (Phi) is 4.94. The number of nitrogens with two attached hydrogens (primary N) is 1. The van der Waals surface area contributed by atoms with Crippen molar-refractivity contribution in [2.75, 3.05) is 23.9 Å². The van der Waals surface area contributed by atoms with E-state index in [-0.39, 0.29) is 5.88 Å². The molecule has 1 heterocycles. The van der Waals surface area contributed by atoms with Crippen molar-refractivity contribution in [1.29, 1.82) is 0 Å². The number of alkyl halides is 1. The average Bonchev–Trinajstić information content (AvgIpc) is 2.38. The van der Waals surface area contributed by atoms with Gasteiger partial charge < -0.3 is 10.6 Å². The molecule has 1 aliphatic rings. The number of amidine groups is 1. The Morgan fingerprint density at radius 1 is 1.53 bits per heavy atom. The summed E-state index contributed by atoms with van der Waals surface area (Å²) in [6, 6.07) is 5.79. The maximum absolute atomic E-state index is 6.35. The molecular formula is C14H19Cl2N3. The van der Waals surface area contributed by atoms with Crippen LogP contribution in [0.3, 0.4) is 0 Å². The smallest absolute Gasteiger partial charge is 0.115 e. The molecule has 1 aromatic carbocycles. The minimum atomic E-state index is 0.225. The van der Waals surface area contributed by atoms with Crippen LogP contribution >= 0.6 is 23.2 Å². The third-order valence-corrected chi connectivity index (χ3v) is 3.92. The van der Waals surface area contributed by atoms with Crippen LogP contribution in [0.15, 0.2) is 23.2 Å². The van der Waals surface area contributed by atoms with Gasteiger partial charge in [-0.05, 0) is 37.0 Å². The van der Waals surface area contributed by atoms with E-state index in [1.165, 1.54) is 12.8 Å². The molecule has 0 bridgehead atoms. The van der Waals surface area contributed by atoms with Gasteiger partial charge in [0, 0.05) is 13.1 Å². The summed E-state index contributed by atoms with van der Waals surface area (Å²) < 4.78 is 0. The molecule has 0 aromatic heterocycles. The molecule has 104 valence electrons. The molecule has 1 saturated heterocycles. The molecule has 1 aromatic rings. The van der Waals surface area contributed by atoms with E-state index >= 15 is 0 Å². The van der Waals surface area contributed by atoms with E-state index in [4.69, 9.17) is 28.9 Å². The molecule has 1 aliphatic heterocycles. The molecule has 2 N–H and O–H groups in total. The minimum absolute atomic E-state index is 0.225. The van der Waals surface area contributed by atoms with Gasteiger partial charge in [0.15, 0.2) is 0 Å². The summed E-state index contributed by atoms with van der Waals surface area (Å²) in [5, 5.41) is 0.720. The van der Waals surface area contributed by atoms with Crippen LogP contribution in [0.2, 0.25) is 5.02 Å². The first kappa shape index (κ1) is 14.5.